The lowest BCUT2D eigenvalue weighted by molar-refractivity contribution is -0.159. The molecular weight excluding hydrogens is 617 g/mol. The van der Waals surface area contributed by atoms with Crippen LogP contribution in [0.25, 0.3) is 0 Å². The number of carbonyl (C=O) groups excluding carboxylic acids is 4. The Kier molecular flexibility index (Phi) is 11.5. The average Bonchev–Trinajstić information content (AvgIpc) is 3.45. The number of rotatable bonds is 11. The summed E-state index contributed by atoms with van der Waals surface area (Å²) in [7, 11) is 1.19. The number of nitrogens with zero attached hydrogens (tertiary/aromatic N) is 1. The number of fused-ring (bicyclic) bond motifs is 1. The van der Waals surface area contributed by atoms with Crippen LogP contribution in [0.15, 0.2) is 72.8 Å². The van der Waals surface area contributed by atoms with Gasteiger partial charge in [0.05, 0.1) is 12.8 Å². The van der Waals surface area contributed by atoms with Crippen LogP contribution in [0.2, 0.25) is 0 Å². The molecule has 0 heterocycles. The van der Waals surface area contributed by atoms with Crippen LogP contribution in [0, 0.1) is 17.7 Å². The summed E-state index contributed by atoms with van der Waals surface area (Å²) in [5.41, 5.74) is 1.40. The van der Waals surface area contributed by atoms with Gasteiger partial charge >= 0.3 is 12.1 Å². The predicted molar refractivity (Wildman–Crippen MR) is 178 cm³/mol. The van der Waals surface area contributed by atoms with Crippen molar-refractivity contribution >= 4 is 29.6 Å². The number of methoxy groups -OCH3 is 1. The summed E-state index contributed by atoms with van der Waals surface area (Å²) in [6, 6.07) is 14.7. The van der Waals surface area contributed by atoms with Crippen molar-refractivity contribution in [1.29, 1.82) is 0 Å². The topological polar surface area (TPSA) is 134 Å². The van der Waals surface area contributed by atoms with E-state index in [4.69, 9.17) is 9.47 Å². The maximum Gasteiger partial charge on any atom is 0.408 e. The zero-order chi connectivity index (χ0) is 35.2. The Morgan fingerprint density at radius 2 is 1.52 bits per heavy atom. The Morgan fingerprint density at radius 3 is 2.06 bits per heavy atom. The van der Waals surface area contributed by atoms with Crippen LogP contribution < -0.4 is 10.6 Å². The van der Waals surface area contributed by atoms with Gasteiger partial charge in [0, 0.05) is 0 Å². The number of anilines is 1. The van der Waals surface area contributed by atoms with Gasteiger partial charge in [-0.2, -0.15) is 0 Å². The molecule has 3 aromatic carbocycles. The third-order valence-electron chi connectivity index (χ3n) is 8.12. The number of hydrogen-bond donors (Lipinski definition) is 3. The lowest BCUT2D eigenvalue weighted by Crippen LogP contribution is -2.59. The van der Waals surface area contributed by atoms with E-state index in [9.17, 15) is 23.9 Å². The first-order chi connectivity index (χ1) is 22.7. The Morgan fingerprint density at radius 1 is 0.938 bits per heavy atom. The van der Waals surface area contributed by atoms with Gasteiger partial charge in [-0.15, -0.1) is 0 Å². The third kappa shape index (κ3) is 8.90. The van der Waals surface area contributed by atoms with Crippen molar-refractivity contribution in [3.8, 4) is 5.75 Å². The number of carbonyl (C=O) groups is 4. The van der Waals surface area contributed by atoms with Crippen molar-refractivity contribution in [2.24, 2.45) is 11.8 Å². The zero-order valence-electron chi connectivity index (χ0n) is 28.2. The molecule has 1 aliphatic carbocycles. The molecule has 3 N–H and O–H groups in total. The van der Waals surface area contributed by atoms with E-state index in [0.717, 1.165) is 28.2 Å². The highest BCUT2D eigenvalue weighted by molar-refractivity contribution is 6.01. The first-order valence-corrected chi connectivity index (χ1v) is 16.0. The number of esters is 1. The second kappa shape index (κ2) is 15.3. The molecule has 0 aromatic heterocycles. The number of halogens is 1. The van der Waals surface area contributed by atoms with Crippen molar-refractivity contribution < 1.29 is 38.1 Å². The fourth-order valence-electron chi connectivity index (χ4n) is 6.04. The van der Waals surface area contributed by atoms with Crippen molar-refractivity contribution in [2.45, 2.75) is 77.6 Å². The summed E-state index contributed by atoms with van der Waals surface area (Å²) < 4.78 is 25.0. The average molecular weight is 662 g/mol. The number of ether oxygens (including phenoxy) is 2. The predicted octanol–water partition coefficient (Wildman–Crippen LogP) is 5.94. The highest BCUT2D eigenvalue weighted by Gasteiger charge is 2.46. The van der Waals surface area contributed by atoms with E-state index in [1.807, 2.05) is 38.1 Å². The van der Waals surface area contributed by atoms with E-state index in [1.54, 1.807) is 32.9 Å². The van der Waals surface area contributed by atoms with Gasteiger partial charge in [-0.1, -0.05) is 62.4 Å². The van der Waals surface area contributed by atoms with Crippen LogP contribution >= 0.6 is 0 Å². The van der Waals surface area contributed by atoms with Crippen molar-refractivity contribution in [3.63, 3.8) is 0 Å². The van der Waals surface area contributed by atoms with Crippen LogP contribution in [0.1, 0.15) is 63.8 Å². The molecule has 0 saturated heterocycles. The smallest absolute Gasteiger partial charge is 0.408 e. The summed E-state index contributed by atoms with van der Waals surface area (Å²) in [6.45, 7) is 8.82. The second-order valence-corrected chi connectivity index (χ2v) is 13.4. The molecule has 3 amide bonds. The molecule has 0 bridgehead atoms. The van der Waals surface area contributed by atoms with Gasteiger partial charge in [0.2, 0.25) is 5.91 Å². The molecule has 0 radical (unpaired) electrons. The standard InChI is InChI=1S/C37H44FN3O7/c1-22(2)19-29(35(45)47-6)41(32(23-15-17-27(38)18-16-23)33(43)39-28-13-9-10-14-30(28)42)34(44)31(40-36(46)48-37(3,4)5)26-20-24-11-7-8-12-25(24)21-26/h7-18,22,26,29,31-32,42H,19-21H2,1-6H3,(H,39,43)(H,40,46)/t29-,31+,32-/m1/s1. The molecule has 48 heavy (non-hydrogen) atoms. The number of amides is 3. The van der Waals surface area contributed by atoms with Gasteiger partial charge in [-0.05, 0) is 92.8 Å². The molecule has 0 saturated carbocycles. The second-order valence-electron chi connectivity index (χ2n) is 13.4. The lowest BCUT2D eigenvalue weighted by Gasteiger charge is -2.40. The number of benzene rings is 3. The molecule has 0 unspecified atom stereocenters. The number of phenols is 1. The fraction of sp³-hybridized carbons (Fsp3) is 0.405. The zero-order valence-corrected chi connectivity index (χ0v) is 28.2. The molecule has 0 aliphatic heterocycles. The molecule has 1 aliphatic rings. The molecule has 11 heteroatoms. The van der Waals surface area contributed by atoms with Crippen molar-refractivity contribution in [1.82, 2.24) is 10.2 Å². The summed E-state index contributed by atoms with van der Waals surface area (Å²) in [5, 5.41) is 15.9. The van der Waals surface area contributed by atoms with Crippen LogP contribution in [0.3, 0.4) is 0 Å². The highest BCUT2D eigenvalue weighted by Crippen LogP contribution is 2.35. The summed E-state index contributed by atoms with van der Waals surface area (Å²) >= 11 is 0. The van der Waals surface area contributed by atoms with Gasteiger partial charge in [0.1, 0.15) is 35.3 Å². The van der Waals surface area contributed by atoms with Gasteiger partial charge in [0.25, 0.3) is 5.91 Å². The number of alkyl carbamates (subject to hydrolysis) is 1. The van der Waals surface area contributed by atoms with Crippen molar-refractivity contribution in [2.75, 3.05) is 12.4 Å². The van der Waals surface area contributed by atoms with E-state index in [-0.39, 0.29) is 29.3 Å². The molecule has 0 fully saturated rings. The van der Waals surface area contributed by atoms with Gasteiger partial charge in [0.15, 0.2) is 0 Å². The van der Waals surface area contributed by atoms with Crippen LogP contribution in [0.5, 0.6) is 5.75 Å². The largest absolute Gasteiger partial charge is 0.506 e. The Hall–Kier alpha value is -4.93. The first-order valence-electron chi connectivity index (χ1n) is 16.0. The third-order valence-corrected chi connectivity index (χ3v) is 8.12. The molecule has 3 atom stereocenters. The Labute approximate surface area is 280 Å². The van der Waals surface area contributed by atoms with Crippen LogP contribution in [0.4, 0.5) is 14.9 Å². The minimum atomic E-state index is -1.52. The Bertz CT molecular complexity index is 1590. The minimum absolute atomic E-state index is 0.0650. The molecule has 0 spiro atoms. The van der Waals surface area contributed by atoms with E-state index in [2.05, 4.69) is 10.6 Å². The van der Waals surface area contributed by atoms with Gasteiger partial charge < -0.3 is 30.1 Å². The molecular formula is C37H44FN3O7. The fourth-order valence-corrected chi connectivity index (χ4v) is 6.04. The monoisotopic (exact) mass is 661 g/mol. The summed E-state index contributed by atoms with van der Waals surface area (Å²) in [4.78, 5) is 57.6. The molecule has 4 rings (SSSR count). The van der Waals surface area contributed by atoms with E-state index in [1.165, 1.54) is 31.4 Å². The number of hydrogen-bond acceptors (Lipinski definition) is 7. The maximum atomic E-state index is 15.2. The van der Waals surface area contributed by atoms with Crippen molar-refractivity contribution in [3.05, 3.63) is 95.3 Å². The number of aromatic hydroxyl groups is 1. The van der Waals surface area contributed by atoms with E-state index >= 15 is 4.79 Å². The van der Waals surface area contributed by atoms with Gasteiger partial charge in [-0.3, -0.25) is 9.59 Å². The van der Waals surface area contributed by atoms with Crippen LogP contribution in [-0.2, 0) is 36.7 Å². The SMILES string of the molecule is COC(=O)[C@@H](CC(C)C)N(C(=O)[C@@H](NC(=O)OC(C)(C)C)C1Cc2ccccc2C1)[C@@H](C(=O)Nc1ccccc1O)c1ccc(F)cc1. The minimum Gasteiger partial charge on any atom is -0.506 e. The summed E-state index contributed by atoms with van der Waals surface area (Å²) in [5.74, 6) is -3.68. The molecule has 3 aromatic rings. The summed E-state index contributed by atoms with van der Waals surface area (Å²) in [6.07, 6.45) is 0.139. The number of phenolic OH excluding ortho intramolecular Hbond substituents is 1. The quantitative estimate of drug-likeness (QED) is 0.171. The molecule has 256 valence electrons. The normalized spacial score (nSPS) is 14.8. The number of para-hydroxylation sites is 2. The maximum absolute atomic E-state index is 15.2. The van der Waals surface area contributed by atoms with Gasteiger partial charge in [-0.25, -0.2) is 14.0 Å². The first kappa shape index (κ1) is 35.9. The molecule has 10 nitrogen and oxygen atoms in total. The van der Waals surface area contributed by atoms with E-state index in [0.29, 0.717) is 12.8 Å². The van der Waals surface area contributed by atoms with Crippen LogP contribution in [-0.4, -0.2) is 58.7 Å². The Balaban J connectivity index is 1.90. The lowest BCUT2D eigenvalue weighted by atomic mass is 9.91. The number of nitrogens with one attached hydrogen (secondary N) is 2. The van der Waals surface area contributed by atoms with E-state index < -0.39 is 59.3 Å². The highest BCUT2D eigenvalue weighted by atomic mass is 19.1.